The van der Waals surface area contributed by atoms with Gasteiger partial charge < -0.3 is 18.6 Å². The van der Waals surface area contributed by atoms with Crippen molar-refractivity contribution in [2.45, 2.75) is 48.5 Å². The Morgan fingerprint density at radius 1 is 0.344 bits per heavy atom. The highest BCUT2D eigenvalue weighted by Gasteiger charge is 2.22. The molecule has 0 amide bonds. The van der Waals surface area contributed by atoms with Gasteiger partial charge in [0.15, 0.2) is 0 Å². The van der Waals surface area contributed by atoms with Gasteiger partial charge in [-0.15, -0.1) is 0 Å². The molecule has 61 heavy (non-hydrogen) atoms. The minimum atomic E-state index is 0.868. The Labute approximate surface area is 355 Å². The van der Waals surface area contributed by atoms with Gasteiger partial charge in [0.25, 0.3) is 0 Å². The van der Waals surface area contributed by atoms with Gasteiger partial charge in [-0.3, -0.25) is 0 Å². The zero-order valence-corrected chi connectivity index (χ0v) is 35.6. The fourth-order valence-corrected chi connectivity index (χ4v) is 9.64. The van der Waals surface area contributed by atoms with Gasteiger partial charge in [-0.25, -0.2) is 0 Å². The van der Waals surface area contributed by atoms with E-state index in [1.807, 2.05) is 0 Å². The number of benzene rings is 9. The van der Waals surface area contributed by atoms with E-state index < -0.39 is 0 Å². The standard InChI is InChI=1S/C57H46N2O2/c1-33-14-20-44(21-15-33)58(55-35(3)10-8-11-36(55)4)46-24-18-40-28-48-49-32-53-54(39(7)57(49)61-51(48)30-42(40)26-46)50-29-41-19-25-47(27-43(41)31-52(50)60-53)59(45-22-16-34(2)17-23-45)56-37(5)12-9-13-38(56)6/h8-32H,1-7H3. The third-order valence-corrected chi connectivity index (χ3v) is 12.7. The first-order valence-corrected chi connectivity index (χ1v) is 21.2. The molecule has 0 spiro atoms. The minimum absolute atomic E-state index is 0.868. The van der Waals surface area contributed by atoms with Crippen LogP contribution in [-0.4, -0.2) is 0 Å². The Kier molecular flexibility index (Phi) is 8.37. The molecule has 4 heteroatoms. The quantitative estimate of drug-likeness (QED) is 0.168. The molecule has 9 aromatic carbocycles. The normalized spacial score (nSPS) is 11.9. The Morgan fingerprint density at radius 2 is 0.787 bits per heavy atom. The van der Waals surface area contributed by atoms with Gasteiger partial charge >= 0.3 is 0 Å². The SMILES string of the molecule is Cc1ccc(N(c2ccc3cc4c(cc3c2)oc2c(C)c3c(cc24)oc2cc4cc(N(c5ccc(C)cc5)c5c(C)cccc5C)ccc4cc23)c2c(C)cccc2C)cc1. The van der Waals surface area contributed by atoms with E-state index in [1.54, 1.807) is 0 Å². The van der Waals surface area contributed by atoms with Crippen molar-refractivity contribution in [3.63, 3.8) is 0 Å². The summed E-state index contributed by atoms with van der Waals surface area (Å²) < 4.78 is 13.6. The lowest BCUT2D eigenvalue weighted by atomic mass is 9.99. The zero-order chi connectivity index (χ0) is 41.7. The van der Waals surface area contributed by atoms with Crippen molar-refractivity contribution in [2.75, 3.05) is 9.80 Å². The molecule has 0 aliphatic heterocycles. The average Bonchev–Trinajstić information content (AvgIpc) is 3.80. The predicted octanol–water partition coefficient (Wildman–Crippen LogP) is 16.9. The molecular formula is C57H46N2O2. The number of fused-ring (bicyclic) bond motifs is 8. The second kappa shape index (κ2) is 13.9. The molecule has 0 saturated heterocycles. The van der Waals surface area contributed by atoms with Crippen molar-refractivity contribution >= 4 is 99.5 Å². The molecule has 2 aromatic heterocycles. The van der Waals surface area contributed by atoms with E-state index in [1.165, 1.54) is 44.8 Å². The molecule has 0 radical (unpaired) electrons. The molecule has 11 aromatic rings. The van der Waals surface area contributed by atoms with Gasteiger partial charge in [-0.1, -0.05) is 83.9 Å². The van der Waals surface area contributed by atoms with E-state index in [0.29, 0.717) is 0 Å². The second-order valence-corrected chi connectivity index (χ2v) is 17.0. The first-order valence-electron chi connectivity index (χ1n) is 21.2. The van der Waals surface area contributed by atoms with Crippen LogP contribution in [0.5, 0.6) is 0 Å². The summed E-state index contributed by atoms with van der Waals surface area (Å²) in [7, 11) is 0. The monoisotopic (exact) mass is 790 g/mol. The van der Waals surface area contributed by atoms with Crippen LogP contribution >= 0.6 is 0 Å². The van der Waals surface area contributed by atoms with Crippen LogP contribution in [-0.2, 0) is 0 Å². The molecular weight excluding hydrogens is 745 g/mol. The van der Waals surface area contributed by atoms with Gasteiger partial charge in [-0.05, 0) is 171 Å². The highest BCUT2D eigenvalue weighted by Crippen LogP contribution is 2.45. The maximum absolute atomic E-state index is 6.82. The van der Waals surface area contributed by atoms with Crippen molar-refractivity contribution in [1.29, 1.82) is 0 Å². The number of rotatable bonds is 6. The van der Waals surface area contributed by atoms with Gasteiger partial charge in [0.05, 0.1) is 11.4 Å². The van der Waals surface area contributed by atoms with Crippen LogP contribution in [0.15, 0.2) is 160 Å². The van der Waals surface area contributed by atoms with E-state index in [0.717, 1.165) is 93.7 Å². The molecule has 11 rings (SSSR count). The van der Waals surface area contributed by atoms with E-state index >= 15 is 0 Å². The Hall–Kier alpha value is -7.30. The molecule has 0 atom stereocenters. The average molecular weight is 791 g/mol. The maximum Gasteiger partial charge on any atom is 0.139 e. The number of anilines is 6. The van der Waals surface area contributed by atoms with Crippen molar-refractivity contribution < 1.29 is 8.83 Å². The fraction of sp³-hybridized carbons (Fsp3) is 0.123. The minimum Gasteiger partial charge on any atom is -0.456 e. The summed E-state index contributed by atoms with van der Waals surface area (Å²) in [6.07, 6.45) is 0. The zero-order valence-electron chi connectivity index (χ0n) is 35.6. The van der Waals surface area contributed by atoms with Gasteiger partial charge in [-0.2, -0.15) is 0 Å². The molecule has 0 N–H and O–H groups in total. The molecule has 0 bridgehead atoms. The number of nitrogens with zero attached hydrogens (tertiary/aromatic N) is 2. The van der Waals surface area contributed by atoms with Gasteiger partial charge in [0.1, 0.15) is 22.3 Å². The van der Waals surface area contributed by atoms with E-state index in [9.17, 15) is 0 Å². The van der Waals surface area contributed by atoms with Crippen LogP contribution in [0.4, 0.5) is 34.1 Å². The molecule has 0 fully saturated rings. The Balaban J connectivity index is 1.03. The fourth-order valence-electron chi connectivity index (χ4n) is 9.64. The topological polar surface area (TPSA) is 32.8 Å². The number of hydrogen-bond donors (Lipinski definition) is 0. The van der Waals surface area contributed by atoms with E-state index in [4.69, 9.17) is 8.83 Å². The van der Waals surface area contributed by atoms with E-state index in [-0.39, 0.29) is 0 Å². The summed E-state index contributed by atoms with van der Waals surface area (Å²) in [5.41, 5.74) is 18.9. The largest absolute Gasteiger partial charge is 0.456 e. The van der Waals surface area contributed by atoms with Crippen molar-refractivity contribution in [2.24, 2.45) is 0 Å². The molecule has 0 unspecified atom stereocenters. The lowest BCUT2D eigenvalue weighted by Gasteiger charge is -2.29. The lowest BCUT2D eigenvalue weighted by molar-refractivity contribution is 0.662. The number of hydrogen-bond acceptors (Lipinski definition) is 4. The van der Waals surface area contributed by atoms with Crippen molar-refractivity contribution in [3.05, 3.63) is 191 Å². The lowest BCUT2D eigenvalue weighted by Crippen LogP contribution is -2.12. The smallest absolute Gasteiger partial charge is 0.139 e. The molecule has 4 nitrogen and oxygen atoms in total. The maximum atomic E-state index is 6.82. The first kappa shape index (κ1) is 36.8. The summed E-state index contributed by atoms with van der Waals surface area (Å²) in [6, 6.07) is 55.3. The summed E-state index contributed by atoms with van der Waals surface area (Å²) in [5.74, 6) is 0. The van der Waals surface area contributed by atoms with Crippen LogP contribution in [0.2, 0.25) is 0 Å². The van der Waals surface area contributed by atoms with Crippen LogP contribution in [0.3, 0.4) is 0 Å². The van der Waals surface area contributed by atoms with Gasteiger partial charge in [0.2, 0.25) is 0 Å². The molecule has 2 heterocycles. The second-order valence-electron chi connectivity index (χ2n) is 17.0. The van der Waals surface area contributed by atoms with Crippen molar-refractivity contribution in [3.8, 4) is 0 Å². The summed E-state index contributed by atoms with van der Waals surface area (Å²) in [5, 5.41) is 8.92. The molecule has 0 aliphatic carbocycles. The Bertz CT molecular complexity index is 3390. The van der Waals surface area contributed by atoms with Crippen LogP contribution in [0, 0.1) is 48.5 Å². The summed E-state index contributed by atoms with van der Waals surface area (Å²) >= 11 is 0. The third-order valence-electron chi connectivity index (χ3n) is 12.7. The predicted molar refractivity (Wildman–Crippen MR) is 259 cm³/mol. The number of furan rings is 2. The van der Waals surface area contributed by atoms with Crippen LogP contribution < -0.4 is 9.80 Å². The van der Waals surface area contributed by atoms with Crippen LogP contribution in [0.25, 0.3) is 65.4 Å². The molecule has 0 aliphatic rings. The molecule has 0 saturated carbocycles. The molecule has 296 valence electrons. The van der Waals surface area contributed by atoms with Crippen molar-refractivity contribution in [1.82, 2.24) is 0 Å². The summed E-state index contributed by atoms with van der Waals surface area (Å²) in [4.78, 5) is 4.76. The summed E-state index contributed by atoms with van der Waals surface area (Å²) in [6.45, 7) is 15.2. The Morgan fingerprint density at radius 3 is 1.28 bits per heavy atom. The van der Waals surface area contributed by atoms with E-state index in [2.05, 4.69) is 210 Å². The highest BCUT2D eigenvalue weighted by molar-refractivity contribution is 6.20. The first-order chi connectivity index (χ1) is 29.6. The van der Waals surface area contributed by atoms with Crippen LogP contribution in [0.1, 0.15) is 38.9 Å². The number of para-hydroxylation sites is 2. The third kappa shape index (κ3) is 5.96. The highest BCUT2D eigenvalue weighted by atomic mass is 16.3. The number of aryl methyl sites for hydroxylation is 7. The van der Waals surface area contributed by atoms with Gasteiger partial charge in [0, 0.05) is 49.9 Å².